The highest BCUT2D eigenvalue weighted by Gasteiger charge is 2.41. The molecule has 25 heavy (non-hydrogen) atoms. The van der Waals surface area contributed by atoms with Crippen LogP contribution >= 0.6 is 0 Å². The number of rotatable bonds is 4. The molecule has 0 unspecified atom stereocenters. The van der Waals surface area contributed by atoms with Crippen molar-refractivity contribution in [2.24, 2.45) is 0 Å². The first-order chi connectivity index (χ1) is 12.2. The summed E-state index contributed by atoms with van der Waals surface area (Å²) in [7, 11) is 0. The second-order valence-corrected chi connectivity index (χ2v) is 6.13. The molecule has 1 aliphatic heterocycles. The molecule has 3 aromatic rings. The van der Waals surface area contributed by atoms with Crippen LogP contribution in [0, 0.1) is 5.82 Å². The molecule has 0 N–H and O–H groups in total. The third-order valence-electron chi connectivity index (χ3n) is 4.71. The van der Waals surface area contributed by atoms with Crippen LogP contribution in [0.25, 0.3) is 0 Å². The zero-order valence-electron chi connectivity index (χ0n) is 13.7. The zero-order chi connectivity index (χ0) is 17.3. The summed E-state index contributed by atoms with van der Waals surface area (Å²) in [6.07, 6.45) is 2.81. The fourth-order valence-corrected chi connectivity index (χ4v) is 3.21. The van der Waals surface area contributed by atoms with E-state index in [2.05, 4.69) is 25.7 Å². The molecule has 1 aliphatic rings. The second-order valence-electron chi connectivity index (χ2n) is 6.13. The van der Waals surface area contributed by atoms with E-state index in [0.29, 0.717) is 37.8 Å². The van der Waals surface area contributed by atoms with Gasteiger partial charge in [-0.1, -0.05) is 17.3 Å². The van der Waals surface area contributed by atoms with E-state index in [1.54, 1.807) is 6.07 Å². The molecule has 0 spiro atoms. The molecule has 0 aliphatic carbocycles. The van der Waals surface area contributed by atoms with Crippen molar-refractivity contribution in [3.8, 4) is 0 Å². The molecule has 0 radical (unpaired) electrons. The molecule has 2 aromatic heterocycles. The van der Waals surface area contributed by atoms with E-state index >= 15 is 0 Å². The van der Waals surface area contributed by atoms with Crippen molar-refractivity contribution < 1.29 is 13.7 Å². The third-order valence-corrected chi connectivity index (χ3v) is 4.71. The topological polar surface area (TPSA) is 91.8 Å². The van der Waals surface area contributed by atoms with Crippen LogP contribution in [0.15, 0.2) is 35.1 Å². The summed E-state index contributed by atoms with van der Waals surface area (Å²) in [5, 5.41) is 15.3. The van der Waals surface area contributed by atoms with Crippen molar-refractivity contribution in [2.75, 3.05) is 13.2 Å². The Morgan fingerprint density at radius 1 is 1.28 bits per heavy atom. The maximum Gasteiger partial charge on any atom is 0.251 e. The third kappa shape index (κ3) is 2.80. The lowest BCUT2D eigenvalue weighted by Crippen LogP contribution is -2.36. The number of tetrazole rings is 1. The Bertz CT molecular complexity index is 844. The Morgan fingerprint density at radius 3 is 2.84 bits per heavy atom. The molecule has 0 saturated carbocycles. The SMILES string of the molecule is C[C@@H](c1nc(C2(c3cccc(F)c3)CCOCC2)no1)n1cnnn1. The first-order valence-electron chi connectivity index (χ1n) is 8.09. The molecular weight excluding hydrogens is 327 g/mol. The number of halogens is 1. The molecule has 9 heteroatoms. The summed E-state index contributed by atoms with van der Waals surface area (Å²) in [5.74, 6) is 0.662. The van der Waals surface area contributed by atoms with E-state index in [9.17, 15) is 4.39 Å². The number of hydrogen-bond donors (Lipinski definition) is 0. The van der Waals surface area contributed by atoms with E-state index in [-0.39, 0.29) is 11.9 Å². The van der Waals surface area contributed by atoms with Crippen LogP contribution < -0.4 is 0 Å². The van der Waals surface area contributed by atoms with Gasteiger partial charge in [-0.2, -0.15) is 4.98 Å². The molecular formula is C16H17FN6O2. The highest BCUT2D eigenvalue weighted by atomic mass is 19.1. The van der Waals surface area contributed by atoms with Gasteiger partial charge in [0, 0.05) is 13.2 Å². The number of benzene rings is 1. The molecule has 8 nitrogen and oxygen atoms in total. The van der Waals surface area contributed by atoms with Crippen LogP contribution in [0.2, 0.25) is 0 Å². The lowest BCUT2D eigenvalue weighted by molar-refractivity contribution is 0.0596. The Hall–Kier alpha value is -2.68. The number of hydrogen-bond acceptors (Lipinski definition) is 7. The van der Waals surface area contributed by atoms with Gasteiger partial charge in [-0.05, 0) is 47.9 Å². The molecule has 3 heterocycles. The molecule has 0 amide bonds. The first kappa shape index (κ1) is 15.8. The summed E-state index contributed by atoms with van der Waals surface area (Å²) in [6.45, 7) is 2.98. The van der Waals surface area contributed by atoms with Crippen LogP contribution in [0.5, 0.6) is 0 Å². The van der Waals surface area contributed by atoms with Crippen molar-refractivity contribution in [3.05, 3.63) is 53.7 Å². The largest absolute Gasteiger partial charge is 0.381 e. The highest BCUT2D eigenvalue weighted by Crippen LogP contribution is 2.40. The van der Waals surface area contributed by atoms with E-state index in [1.807, 2.05) is 13.0 Å². The Morgan fingerprint density at radius 2 is 2.12 bits per heavy atom. The quantitative estimate of drug-likeness (QED) is 0.714. The van der Waals surface area contributed by atoms with Gasteiger partial charge in [-0.3, -0.25) is 0 Å². The average Bonchev–Trinajstić information content (AvgIpc) is 3.34. The van der Waals surface area contributed by atoms with Crippen molar-refractivity contribution >= 4 is 0 Å². The monoisotopic (exact) mass is 344 g/mol. The minimum Gasteiger partial charge on any atom is -0.381 e. The van der Waals surface area contributed by atoms with E-state index in [4.69, 9.17) is 9.26 Å². The lowest BCUT2D eigenvalue weighted by atomic mass is 9.73. The fraction of sp³-hybridized carbons (Fsp3) is 0.438. The smallest absolute Gasteiger partial charge is 0.251 e. The predicted octanol–water partition coefficient (Wildman–Crippen LogP) is 1.90. The molecule has 4 rings (SSSR count). The zero-order valence-corrected chi connectivity index (χ0v) is 13.7. The summed E-state index contributed by atoms with van der Waals surface area (Å²) in [6, 6.07) is 6.27. The molecule has 1 aromatic carbocycles. The van der Waals surface area contributed by atoms with E-state index in [0.717, 1.165) is 5.56 Å². The van der Waals surface area contributed by atoms with Gasteiger partial charge in [-0.15, -0.1) is 5.10 Å². The standard InChI is InChI=1S/C16H17FN6O2/c1-11(23-10-18-21-22-23)14-19-15(20-25-14)16(5-7-24-8-6-16)12-3-2-4-13(17)9-12/h2-4,9-11H,5-8H2,1H3/t11-/m0/s1. The van der Waals surface area contributed by atoms with Crippen molar-refractivity contribution in [1.82, 2.24) is 30.3 Å². The maximum absolute atomic E-state index is 13.8. The normalized spacial score (nSPS) is 18.2. The van der Waals surface area contributed by atoms with Gasteiger partial charge >= 0.3 is 0 Å². The van der Waals surface area contributed by atoms with Crippen molar-refractivity contribution in [2.45, 2.75) is 31.2 Å². The van der Waals surface area contributed by atoms with Gasteiger partial charge in [0.15, 0.2) is 5.82 Å². The lowest BCUT2D eigenvalue weighted by Gasteiger charge is -2.34. The molecule has 1 fully saturated rings. The van der Waals surface area contributed by atoms with Crippen LogP contribution in [-0.4, -0.2) is 43.6 Å². The summed E-state index contributed by atoms with van der Waals surface area (Å²) < 4.78 is 26.3. The highest BCUT2D eigenvalue weighted by molar-refractivity contribution is 5.33. The van der Waals surface area contributed by atoms with Gasteiger partial charge in [0.05, 0.1) is 5.41 Å². The average molecular weight is 344 g/mol. The van der Waals surface area contributed by atoms with Crippen LogP contribution in [-0.2, 0) is 10.2 Å². The van der Waals surface area contributed by atoms with Crippen LogP contribution in [0.4, 0.5) is 4.39 Å². The second kappa shape index (κ2) is 6.32. The van der Waals surface area contributed by atoms with E-state index in [1.165, 1.54) is 23.1 Å². The summed E-state index contributed by atoms with van der Waals surface area (Å²) in [4.78, 5) is 4.60. The number of ether oxygens (including phenoxy) is 1. The molecule has 130 valence electrons. The number of aromatic nitrogens is 6. The van der Waals surface area contributed by atoms with Gasteiger partial charge in [-0.25, -0.2) is 9.07 Å². The van der Waals surface area contributed by atoms with Gasteiger partial charge in [0.25, 0.3) is 5.89 Å². The fourth-order valence-electron chi connectivity index (χ4n) is 3.21. The summed E-state index contributed by atoms with van der Waals surface area (Å²) >= 11 is 0. The number of nitrogens with zero attached hydrogens (tertiary/aromatic N) is 6. The first-order valence-corrected chi connectivity index (χ1v) is 8.09. The van der Waals surface area contributed by atoms with Crippen LogP contribution in [0.1, 0.15) is 43.1 Å². The molecule has 0 bridgehead atoms. The van der Waals surface area contributed by atoms with E-state index < -0.39 is 5.41 Å². The predicted molar refractivity (Wildman–Crippen MR) is 83.2 cm³/mol. The Labute approximate surface area is 143 Å². The minimum atomic E-state index is -0.525. The Kier molecular flexibility index (Phi) is 4.00. The van der Waals surface area contributed by atoms with Crippen molar-refractivity contribution in [1.29, 1.82) is 0 Å². The molecule has 1 saturated heterocycles. The summed E-state index contributed by atoms with van der Waals surface area (Å²) in [5.41, 5.74) is 0.306. The van der Waals surface area contributed by atoms with Crippen LogP contribution in [0.3, 0.4) is 0 Å². The van der Waals surface area contributed by atoms with Crippen molar-refractivity contribution in [3.63, 3.8) is 0 Å². The van der Waals surface area contributed by atoms with Gasteiger partial charge < -0.3 is 9.26 Å². The van der Waals surface area contributed by atoms with Gasteiger partial charge in [0.2, 0.25) is 0 Å². The minimum absolute atomic E-state index is 0.283. The maximum atomic E-state index is 13.8. The Balaban J connectivity index is 1.74. The van der Waals surface area contributed by atoms with Gasteiger partial charge in [0.1, 0.15) is 18.2 Å². The molecule has 1 atom stereocenters.